The molecule has 0 aromatic heterocycles. The van der Waals surface area contributed by atoms with Crippen LogP contribution in [0.25, 0.3) is 21.9 Å². The molecular formula is C37H35Br2N. The number of benzene rings is 5. The standard InChI is InChI=1S/C37H35Br2N/c1-35(2)33-20-11-25(22-34(33)36(3,4)37(35,5)6)32-23-30(21-24-9-7-8-10-31(24)32)40(28-16-12-26(38)13-17-28)29-18-14-27(39)15-19-29/h7-23H,1-6H3. The highest BCUT2D eigenvalue weighted by Gasteiger charge is 2.56. The predicted octanol–water partition coefficient (Wildman–Crippen LogP) is 12.1. The van der Waals surface area contributed by atoms with Crippen LogP contribution >= 0.6 is 31.9 Å². The molecule has 0 amide bonds. The Bertz CT molecular complexity index is 1680. The van der Waals surface area contributed by atoms with Crippen LogP contribution in [0.3, 0.4) is 0 Å². The van der Waals surface area contributed by atoms with Crippen molar-refractivity contribution in [3.8, 4) is 11.1 Å². The summed E-state index contributed by atoms with van der Waals surface area (Å²) in [5.74, 6) is 0. The smallest absolute Gasteiger partial charge is 0.0474 e. The van der Waals surface area contributed by atoms with E-state index in [0.717, 1.165) is 26.0 Å². The van der Waals surface area contributed by atoms with Crippen molar-refractivity contribution in [1.29, 1.82) is 0 Å². The minimum Gasteiger partial charge on any atom is -0.310 e. The topological polar surface area (TPSA) is 3.24 Å². The zero-order valence-corrected chi connectivity index (χ0v) is 27.2. The van der Waals surface area contributed by atoms with Gasteiger partial charge in [0.2, 0.25) is 0 Å². The molecule has 0 bridgehead atoms. The van der Waals surface area contributed by atoms with Gasteiger partial charge in [0, 0.05) is 26.0 Å². The summed E-state index contributed by atoms with van der Waals surface area (Å²) in [5, 5.41) is 2.50. The normalized spacial score (nSPS) is 16.6. The van der Waals surface area contributed by atoms with Crippen molar-refractivity contribution in [1.82, 2.24) is 0 Å². The minimum absolute atomic E-state index is 0.0517. The third kappa shape index (κ3) is 4.16. The number of anilines is 3. The molecule has 6 rings (SSSR count). The second-order valence-electron chi connectivity index (χ2n) is 12.6. The van der Waals surface area contributed by atoms with Gasteiger partial charge in [-0.2, -0.15) is 0 Å². The van der Waals surface area contributed by atoms with E-state index in [0.29, 0.717) is 0 Å². The summed E-state index contributed by atoms with van der Waals surface area (Å²) < 4.78 is 2.13. The molecule has 1 nitrogen and oxygen atoms in total. The van der Waals surface area contributed by atoms with E-state index in [-0.39, 0.29) is 16.2 Å². The molecule has 5 aromatic carbocycles. The van der Waals surface area contributed by atoms with Crippen LogP contribution in [0.4, 0.5) is 17.1 Å². The van der Waals surface area contributed by atoms with Gasteiger partial charge >= 0.3 is 0 Å². The molecular weight excluding hydrogens is 618 g/mol. The Morgan fingerprint density at radius 2 is 1.07 bits per heavy atom. The van der Waals surface area contributed by atoms with E-state index < -0.39 is 0 Å². The van der Waals surface area contributed by atoms with Gasteiger partial charge in [-0.3, -0.25) is 0 Å². The van der Waals surface area contributed by atoms with Gasteiger partial charge in [-0.1, -0.05) is 116 Å². The molecule has 0 fully saturated rings. The molecule has 0 saturated heterocycles. The average Bonchev–Trinajstić information content (AvgIpc) is 3.04. The van der Waals surface area contributed by atoms with Crippen molar-refractivity contribution in [2.45, 2.75) is 52.4 Å². The molecule has 0 aliphatic heterocycles. The van der Waals surface area contributed by atoms with Crippen molar-refractivity contribution in [3.05, 3.63) is 123 Å². The largest absolute Gasteiger partial charge is 0.310 e. The lowest BCUT2D eigenvalue weighted by Gasteiger charge is -2.44. The third-order valence-corrected chi connectivity index (χ3v) is 11.1. The van der Waals surface area contributed by atoms with E-state index in [2.05, 4.69) is 181 Å². The highest BCUT2D eigenvalue weighted by atomic mass is 79.9. The Hall–Kier alpha value is -2.88. The monoisotopic (exact) mass is 651 g/mol. The van der Waals surface area contributed by atoms with E-state index >= 15 is 0 Å². The van der Waals surface area contributed by atoms with Crippen LogP contribution in [0.1, 0.15) is 52.7 Å². The number of rotatable bonds is 4. The second kappa shape index (κ2) is 9.60. The molecule has 1 aliphatic carbocycles. The van der Waals surface area contributed by atoms with Gasteiger partial charge in [0.15, 0.2) is 0 Å². The van der Waals surface area contributed by atoms with E-state index in [1.54, 1.807) is 0 Å². The van der Waals surface area contributed by atoms with E-state index in [1.165, 1.54) is 33.0 Å². The molecule has 0 saturated carbocycles. The van der Waals surface area contributed by atoms with Gasteiger partial charge in [-0.25, -0.2) is 0 Å². The quantitative estimate of drug-likeness (QED) is 0.187. The zero-order valence-electron chi connectivity index (χ0n) is 24.0. The first-order valence-corrected chi connectivity index (χ1v) is 15.5. The van der Waals surface area contributed by atoms with Crippen molar-refractivity contribution in [3.63, 3.8) is 0 Å². The summed E-state index contributed by atoms with van der Waals surface area (Å²) in [6, 6.07) is 37.8. The summed E-state index contributed by atoms with van der Waals surface area (Å²) in [7, 11) is 0. The fraction of sp³-hybridized carbons (Fsp3) is 0.243. The molecule has 40 heavy (non-hydrogen) atoms. The third-order valence-electron chi connectivity index (χ3n) is 10.1. The van der Waals surface area contributed by atoms with Crippen molar-refractivity contribution in [2.75, 3.05) is 4.90 Å². The Labute approximate surface area is 255 Å². The maximum atomic E-state index is 3.62. The number of hydrogen-bond donors (Lipinski definition) is 0. The van der Waals surface area contributed by atoms with Crippen LogP contribution in [0.2, 0.25) is 0 Å². The van der Waals surface area contributed by atoms with Crippen LogP contribution < -0.4 is 4.90 Å². The summed E-state index contributed by atoms with van der Waals surface area (Å²) in [6.07, 6.45) is 0. The van der Waals surface area contributed by atoms with Gasteiger partial charge in [-0.15, -0.1) is 0 Å². The van der Waals surface area contributed by atoms with Gasteiger partial charge in [0.1, 0.15) is 0 Å². The summed E-state index contributed by atoms with van der Waals surface area (Å²) >= 11 is 7.23. The molecule has 0 unspecified atom stereocenters. The lowest BCUT2D eigenvalue weighted by Crippen LogP contribution is -2.42. The van der Waals surface area contributed by atoms with Crippen LogP contribution in [0.15, 0.2) is 112 Å². The number of fused-ring (bicyclic) bond motifs is 2. The number of nitrogens with zero attached hydrogens (tertiary/aromatic N) is 1. The molecule has 5 aromatic rings. The van der Waals surface area contributed by atoms with Crippen molar-refractivity contribution >= 4 is 59.7 Å². The van der Waals surface area contributed by atoms with E-state index in [9.17, 15) is 0 Å². The van der Waals surface area contributed by atoms with Crippen molar-refractivity contribution in [2.24, 2.45) is 5.41 Å². The highest BCUT2D eigenvalue weighted by molar-refractivity contribution is 9.10. The van der Waals surface area contributed by atoms with Gasteiger partial charge in [0.25, 0.3) is 0 Å². The number of halogens is 2. The predicted molar refractivity (Wildman–Crippen MR) is 179 cm³/mol. The molecule has 0 spiro atoms. The Morgan fingerprint density at radius 1 is 0.525 bits per heavy atom. The molecule has 1 aliphatic rings. The summed E-state index contributed by atoms with van der Waals surface area (Å²) in [6.45, 7) is 14.5. The highest BCUT2D eigenvalue weighted by Crippen LogP contribution is 2.62. The lowest BCUT2D eigenvalue weighted by molar-refractivity contribution is 0.125. The average molecular weight is 654 g/mol. The SMILES string of the molecule is CC1(C)c2ccc(-c3cc(N(c4ccc(Br)cc4)c4ccc(Br)cc4)cc4ccccc34)cc2C(C)(C)C1(C)C. The van der Waals surface area contributed by atoms with E-state index in [4.69, 9.17) is 0 Å². The maximum Gasteiger partial charge on any atom is 0.0474 e. The van der Waals surface area contributed by atoms with Crippen LogP contribution in [-0.2, 0) is 10.8 Å². The fourth-order valence-electron chi connectivity index (χ4n) is 6.52. The Morgan fingerprint density at radius 3 is 1.68 bits per heavy atom. The first-order chi connectivity index (χ1) is 18.9. The van der Waals surface area contributed by atoms with Crippen LogP contribution in [0, 0.1) is 5.41 Å². The molecule has 0 atom stereocenters. The van der Waals surface area contributed by atoms with Crippen molar-refractivity contribution < 1.29 is 0 Å². The van der Waals surface area contributed by atoms with Gasteiger partial charge < -0.3 is 4.90 Å². The first-order valence-electron chi connectivity index (χ1n) is 13.9. The minimum atomic E-state index is 0.0517. The number of hydrogen-bond acceptors (Lipinski definition) is 1. The van der Waals surface area contributed by atoms with Crippen LogP contribution in [0.5, 0.6) is 0 Å². The first kappa shape index (κ1) is 27.3. The zero-order chi connectivity index (χ0) is 28.4. The van der Waals surface area contributed by atoms with E-state index in [1.807, 2.05) is 0 Å². The fourth-order valence-corrected chi connectivity index (χ4v) is 7.05. The second-order valence-corrected chi connectivity index (χ2v) is 14.5. The Kier molecular flexibility index (Phi) is 6.55. The molecule has 0 heterocycles. The van der Waals surface area contributed by atoms with Gasteiger partial charge in [-0.05, 0) is 110 Å². The summed E-state index contributed by atoms with van der Waals surface area (Å²) in [4.78, 5) is 2.35. The Balaban J connectivity index is 1.59. The van der Waals surface area contributed by atoms with Gasteiger partial charge in [0.05, 0.1) is 0 Å². The van der Waals surface area contributed by atoms with Crippen LogP contribution in [-0.4, -0.2) is 0 Å². The summed E-state index contributed by atoms with van der Waals surface area (Å²) in [5.41, 5.74) is 9.10. The lowest BCUT2D eigenvalue weighted by atomic mass is 9.59. The molecule has 0 N–H and O–H groups in total. The maximum absolute atomic E-state index is 3.62. The molecule has 3 heteroatoms. The molecule has 0 radical (unpaired) electrons. The molecule has 202 valence electrons.